The molecule has 0 bridgehead atoms. The Kier molecular flexibility index (Phi) is 9.50. The van der Waals surface area contributed by atoms with Crippen molar-refractivity contribution < 1.29 is 0 Å². The number of rotatable bonds is 9. The highest BCUT2D eigenvalue weighted by atomic mass is 15.2. The zero-order valence-corrected chi connectivity index (χ0v) is 40.1. The van der Waals surface area contributed by atoms with E-state index in [9.17, 15) is 0 Å². The van der Waals surface area contributed by atoms with Gasteiger partial charge < -0.3 is 9.80 Å². The normalized spacial score (nSPS) is 11.8. The molecule has 0 amide bonds. The van der Waals surface area contributed by atoms with Crippen molar-refractivity contribution in [2.24, 2.45) is 0 Å². The third-order valence-electron chi connectivity index (χ3n) is 15.2. The summed E-state index contributed by atoms with van der Waals surface area (Å²) in [4.78, 5) is 18.7. The maximum absolute atomic E-state index is 5.00. The lowest BCUT2D eigenvalue weighted by Gasteiger charge is -2.26. The molecule has 0 saturated carbocycles. The summed E-state index contributed by atoms with van der Waals surface area (Å²) in [6, 6.07) is 85.6. The molecule has 10 aromatic carbocycles. The molecular formula is C69H43N5. The number of nitrogens with zero attached hydrogens (tertiary/aromatic N) is 5. The van der Waals surface area contributed by atoms with Crippen LogP contribution in [0.2, 0.25) is 0 Å². The Balaban J connectivity index is 0.760. The van der Waals surface area contributed by atoms with Crippen molar-refractivity contribution in [1.29, 1.82) is 0 Å². The van der Waals surface area contributed by atoms with Gasteiger partial charge in [-0.05, 0) is 167 Å². The lowest BCUT2D eigenvalue weighted by Crippen LogP contribution is -2.10. The Morgan fingerprint density at radius 2 is 0.730 bits per heavy atom. The van der Waals surface area contributed by atoms with Gasteiger partial charge in [0.05, 0.1) is 16.9 Å². The van der Waals surface area contributed by atoms with Crippen molar-refractivity contribution in [3.63, 3.8) is 0 Å². The van der Waals surface area contributed by atoms with E-state index in [-0.39, 0.29) is 0 Å². The molecule has 344 valence electrons. The molecule has 13 aromatic rings. The fraction of sp³-hybridized carbons (Fsp3) is 0. The lowest BCUT2D eigenvalue weighted by atomic mass is 9.94. The van der Waals surface area contributed by atoms with E-state index >= 15 is 0 Å². The summed E-state index contributed by atoms with van der Waals surface area (Å²) < 4.78 is 0. The van der Waals surface area contributed by atoms with E-state index in [0.29, 0.717) is 0 Å². The summed E-state index contributed by atoms with van der Waals surface area (Å²) in [5, 5.41) is 6.23. The quantitative estimate of drug-likeness (QED) is 0.144. The van der Waals surface area contributed by atoms with E-state index in [0.717, 1.165) is 56.3 Å². The minimum absolute atomic E-state index is 0.906. The molecule has 0 N–H and O–H groups in total. The van der Waals surface area contributed by atoms with Crippen LogP contribution in [0.15, 0.2) is 261 Å². The Hall–Kier alpha value is -9.97. The Morgan fingerprint density at radius 1 is 0.257 bits per heavy atom. The van der Waals surface area contributed by atoms with Crippen LogP contribution in [0.4, 0.5) is 34.1 Å². The van der Waals surface area contributed by atoms with Gasteiger partial charge in [-0.1, -0.05) is 158 Å². The molecule has 0 saturated heterocycles. The largest absolute Gasteiger partial charge is 0.310 e. The van der Waals surface area contributed by atoms with Crippen LogP contribution in [0.5, 0.6) is 0 Å². The number of hydrogen-bond donors (Lipinski definition) is 0. The maximum Gasteiger partial charge on any atom is 0.0723 e. The lowest BCUT2D eigenvalue weighted by molar-refractivity contribution is 1.22. The molecule has 0 atom stereocenters. The molecular weight excluding hydrogens is 899 g/mol. The average molecular weight is 942 g/mol. The molecule has 0 aliphatic heterocycles. The van der Waals surface area contributed by atoms with Gasteiger partial charge in [0, 0.05) is 64.2 Å². The van der Waals surface area contributed by atoms with Crippen LogP contribution >= 0.6 is 0 Å². The van der Waals surface area contributed by atoms with Crippen LogP contribution < -0.4 is 9.80 Å². The van der Waals surface area contributed by atoms with Crippen LogP contribution in [-0.4, -0.2) is 15.0 Å². The van der Waals surface area contributed by atoms with Crippen LogP contribution in [0.3, 0.4) is 0 Å². The Morgan fingerprint density at radius 3 is 1.42 bits per heavy atom. The van der Waals surface area contributed by atoms with E-state index in [1.54, 1.807) is 0 Å². The number of fused-ring (bicyclic) bond motifs is 7. The summed E-state index contributed by atoms with van der Waals surface area (Å²) in [5.41, 5.74) is 24.3. The van der Waals surface area contributed by atoms with Crippen LogP contribution in [0.1, 0.15) is 0 Å². The minimum atomic E-state index is 0.906. The first-order chi connectivity index (χ1) is 36.7. The molecule has 0 unspecified atom stereocenters. The molecule has 15 rings (SSSR count). The predicted molar refractivity (Wildman–Crippen MR) is 307 cm³/mol. The summed E-state index contributed by atoms with van der Waals surface area (Å²) in [6.07, 6.45) is 7.54. The third-order valence-corrected chi connectivity index (χ3v) is 15.2. The van der Waals surface area contributed by atoms with Crippen LogP contribution in [0.25, 0.3) is 110 Å². The molecule has 0 fully saturated rings. The summed E-state index contributed by atoms with van der Waals surface area (Å²) in [7, 11) is 0. The van der Waals surface area contributed by atoms with Crippen molar-refractivity contribution in [2.75, 3.05) is 9.80 Å². The molecule has 3 aromatic heterocycles. The van der Waals surface area contributed by atoms with Crippen molar-refractivity contribution in [3.8, 4) is 78.0 Å². The summed E-state index contributed by atoms with van der Waals surface area (Å²) in [5.74, 6) is 0. The number of pyridine rings is 3. The smallest absolute Gasteiger partial charge is 0.0723 e. The van der Waals surface area contributed by atoms with Crippen LogP contribution in [-0.2, 0) is 0 Å². The highest BCUT2D eigenvalue weighted by molar-refractivity contribution is 6.20. The zero-order chi connectivity index (χ0) is 48.7. The van der Waals surface area contributed by atoms with Crippen molar-refractivity contribution in [2.45, 2.75) is 0 Å². The molecule has 5 heteroatoms. The zero-order valence-electron chi connectivity index (χ0n) is 40.1. The van der Waals surface area contributed by atoms with Gasteiger partial charge in [0.15, 0.2) is 0 Å². The highest BCUT2D eigenvalue weighted by Gasteiger charge is 2.26. The Labute approximate surface area is 428 Å². The van der Waals surface area contributed by atoms with Crippen LogP contribution in [0, 0.1) is 0 Å². The van der Waals surface area contributed by atoms with Gasteiger partial charge in [-0.25, -0.2) is 0 Å². The van der Waals surface area contributed by atoms with E-state index in [4.69, 9.17) is 4.98 Å². The predicted octanol–water partition coefficient (Wildman–Crippen LogP) is 18.6. The van der Waals surface area contributed by atoms with Crippen molar-refractivity contribution in [3.05, 3.63) is 261 Å². The molecule has 5 nitrogen and oxygen atoms in total. The molecule has 2 aliphatic carbocycles. The van der Waals surface area contributed by atoms with Gasteiger partial charge in [0.1, 0.15) is 0 Å². The second kappa shape index (κ2) is 16.8. The number of anilines is 6. The topological polar surface area (TPSA) is 45.2 Å². The number of benzene rings is 10. The minimum Gasteiger partial charge on any atom is -0.310 e. The molecule has 0 radical (unpaired) electrons. The standard InChI is InChI=1S/C69H43N5/c1-2-10-47(11-3-1)74(67-37-41-71-65-19-7-6-14-63(65)67)49-27-22-45(23-28-49)53-31-33-62-56-29-24-46(42-64(56)60-18-9-16-58(53)69(60)62)66-43-51(36-40-72-66)73(50-34-38-70-39-35-50)48-25-20-44(21-26-48)52-30-32-61-55-13-5-4-12-54(55)59-17-8-15-57(52)68(59)61/h1-43H. The molecule has 0 spiro atoms. The van der Waals surface area contributed by atoms with Gasteiger partial charge in [-0.15, -0.1) is 0 Å². The first-order valence-corrected chi connectivity index (χ1v) is 25.1. The van der Waals surface area contributed by atoms with Gasteiger partial charge >= 0.3 is 0 Å². The monoisotopic (exact) mass is 941 g/mol. The Bertz CT molecular complexity index is 4320. The fourth-order valence-electron chi connectivity index (χ4n) is 11.8. The van der Waals surface area contributed by atoms with Gasteiger partial charge in [-0.3, -0.25) is 15.0 Å². The van der Waals surface area contributed by atoms with Gasteiger partial charge in [0.2, 0.25) is 0 Å². The molecule has 3 heterocycles. The SMILES string of the molecule is c1ccc(N(c2ccc(-c3ccc4c5c(cccc35)-c3cc(-c5cc(N(c6ccncc6)c6ccc(-c7ccc8c9c(cccc79)-c7ccccc7-8)cc6)ccn5)ccc3-4)cc2)c2ccnc3ccccc23)cc1. The van der Waals surface area contributed by atoms with Crippen molar-refractivity contribution >= 4 is 66.6 Å². The van der Waals surface area contributed by atoms with Crippen molar-refractivity contribution in [1.82, 2.24) is 15.0 Å². The third kappa shape index (κ3) is 6.60. The van der Waals surface area contributed by atoms with E-state index < -0.39 is 0 Å². The molecule has 2 aliphatic rings. The maximum atomic E-state index is 5.00. The van der Waals surface area contributed by atoms with Gasteiger partial charge in [0.25, 0.3) is 0 Å². The second-order valence-electron chi connectivity index (χ2n) is 19.1. The first kappa shape index (κ1) is 41.8. The number of para-hydroxylation sites is 2. The second-order valence-corrected chi connectivity index (χ2v) is 19.1. The highest BCUT2D eigenvalue weighted by Crippen LogP contribution is 2.52. The molecule has 74 heavy (non-hydrogen) atoms. The van der Waals surface area contributed by atoms with Gasteiger partial charge in [-0.2, -0.15) is 0 Å². The fourth-order valence-corrected chi connectivity index (χ4v) is 11.8. The first-order valence-electron chi connectivity index (χ1n) is 25.1. The summed E-state index contributed by atoms with van der Waals surface area (Å²) in [6.45, 7) is 0. The van der Waals surface area contributed by atoms with E-state index in [1.807, 2.05) is 30.9 Å². The summed E-state index contributed by atoms with van der Waals surface area (Å²) >= 11 is 0. The average Bonchev–Trinajstić information content (AvgIpc) is 4.00. The number of aromatic nitrogens is 3. The number of hydrogen-bond acceptors (Lipinski definition) is 5. The van der Waals surface area contributed by atoms with E-state index in [2.05, 4.69) is 250 Å². The van der Waals surface area contributed by atoms with E-state index in [1.165, 1.54) is 88.3 Å².